The third-order valence-electron chi connectivity index (χ3n) is 2.64. The highest BCUT2D eigenvalue weighted by Gasteiger charge is 2.30. The number of phenolic OH excluding ortho intramolecular Hbond substituents is 1. The van der Waals surface area contributed by atoms with Crippen LogP contribution in [0.25, 0.3) is 0 Å². The van der Waals surface area contributed by atoms with E-state index in [0.29, 0.717) is 12.1 Å². The molecule has 0 saturated heterocycles. The summed E-state index contributed by atoms with van der Waals surface area (Å²) in [6.07, 6.45) is 0. The predicted molar refractivity (Wildman–Crippen MR) is 81.1 cm³/mol. The first kappa shape index (κ1) is 18.3. The third kappa shape index (κ3) is 4.62. The van der Waals surface area contributed by atoms with Gasteiger partial charge in [-0.1, -0.05) is 18.2 Å². The fourth-order valence-electron chi connectivity index (χ4n) is 1.53. The molecule has 0 spiro atoms. The molecule has 0 saturated carbocycles. The van der Waals surface area contributed by atoms with Crippen molar-refractivity contribution in [2.75, 3.05) is 7.11 Å². The summed E-state index contributed by atoms with van der Waals surface area (Å²) in [6, 6.07) is 10.6. The molecular weight excluding hydrogens is 326 g/mol. The van der Waals surface area contributed by atoms with Crippen LogP contribution in [0.5, 0.6) is 11.5 Å². The number of benzene rings is 2. The summed E-state index contributed by atoms with van der Waals surface area (Å²) in [5.41, 5.74) is -3.00. The fourth-order valence-corrected chi connectivity index (χ4v) is 1.53. The lowest BCUT2D eigenvalue weighted by Gasteiger charge is -1.97. The van der Waals surface area contributed by atoms with Gasteiger partial charge in [-0.05, 0) is 12.1 Å². The van der Waals surface area contributed by atoms with Crippen LogP contribution in [0.15, 0.2) is 42.5 Å². The number of methoxy groups -OCH3 is 1. The molecule has 0 radical (unpaired) electrons. The molecule has 126 valence electrons. The zero-order valence-electron chi connectivity index (χ0n) is 12.2. The Kier molecular flexibility index (Phi) is 6.12. The Bertz CT molecular complexity index is 728. The molecule has 24 heavy (non-hydrogen) atoms. The van der Waals surface area contributed by atoms with Gasteiger partial charge in [-0.25, -0.2) is 0 Å². The Morgan fingerprint density at radius 1 is 0.875 bits per heavy atom. The number of aromatic hydroxyl groups is 1. The van der Waals surface area contributed by atoms with Crippen molar-refractivity contribution in [1.82, 2.24) is 0 Å². The Balaban J connectivity index is 0.000000300. The second-order valence-electron chi connectivity index (χ2n) is 4.12. The van der Waals surface area contributed by atoms with E-state index in [0.717, 1.165) is 5.75 Å². The number of para-hydroxylation sites is 1. The number of non-ortho nitro benzene ring substituents is 1. The van der Waals surface area contributed by atoms with Crippen molar-refractivity contribution in [1.29, 1.82) is 0 Å². The highest BCUT2D eigenvalue weighted by atomic mass is 16.6. The van der Waals surface area contributed by atoms with Crippen molar-refractivity contribution in [2.45, 2.75) is 0 Å². The van der Waals surface area contributed by atoms with Gasteiger partial charge in [0.05, 0.1) is 34.0 Å². The van der Waals surface area contributed by atoms with Gasteiger partial charge in [-0.15, -0.1) is 0 Å². The SMILES string of the molecule is COc1ccccc1.O=[N+]([O-])c1cc([N+](=O)[O-])c(O)c([N+](=O)[O-])c1. The molecule has 2 aromatic rings. The number of nitrogens with zero attached hydrogens (tertiary/aromatic N) is 3. The lowest BCUT2D eigenvalue weighted by atomic mass is 10.2. The predicted octanol–water partition coefficient (Wildman–Crippen LogP) is 2.81. The van der Waals surface area contributed by atoms with Crippen LogP contribution in [0.3, 0.4) is 0 Å². The van der Waals surface area contributed by atoms with Crippen LogP contribution in [0, 0.1) is 30.3 Å². The third-order valence-corrected chi connectivity index (χ3v) is 2.64. The fraction of sp³-hybridized carbons (Fsp3) is 0.0769. The number of rotatable bonds is 4. The van der Waals surface area contributed by atoms with Crippen LogP contribution in [-0.2, 0) is 0 Å². The summed E-state index contributed by atoms with van der Waals surface area (Å²) in [5.74, 6) is -0.298. The molecular formula is C13H11N3O8. The van der Waals surface area contributed by atoms with Crippen molar-refractivity contribution < 1.29 is 24.6 Å². The lowest BCUT2D eigenvalue weighted by molar-refractivity contribution is -0.404. The quantitative estimate of drug-likeness (QED) is 0.658. The van der Waals surface area contributed by atoms with E-state index in [2.05, 4.69) is 0 Å². The Labute approximate surface area is 134 Å². The van der Waals surface area contributed by atoms with Crippen molar-refractivity contribution in [3.8, 4) is 11.5 Å². The zero-order valence-corrected chi connectivity index (χ0v) is 12.2. The standard InChI is InChI=1S/C7H8O.C6H3N3O7/c1-8-7-5-3-2-4-6-7;10-6-4(8(13)14)1-3(7(11)12)2-5(6)9(15)16/h2-6H,1H3;1-2,10H. The van der Waals surface area contributed by atoms with E-state index in [1.807, 2.05) is 30.3 Å². The van der Waals surface area contributed by atoms with Gasteiger partial charge in [-0.3, -0.25) is 30.3 Å². The highest BCUT2D eigenvalue weighted by Crippen LogP contribution is 2.38. The topological polar surface area (TPSA) is 159 Å². The number of ether oxygens (including phenoxy) is 1. The second kappa shape index (κ2) is 8.03. The van der Waals surface area contributed by atoms with Crippen LogP contribution >= 0.6 is 0 Å². The average molecular weight is 337 g/mol. The van der Waals surface area contributed by atoms with E-state index >= 15 is 0 Å². The van der Waals surface area contributed by atoms with Gasteiger partial charge in [0.15, 0.2) is 0 Å². The molecule has 1 N–H and O–H groups in total. The van der Waals surface area contributed by atoms with Crippen LogP contribution in [0.2, 0.25) is 0 Å². The van der Waals surface area contributed by atoms with Crippen LogP contribution in [-0.4, -0.2) is 27.0 Å². The molecule has 11 nitrogen and oxygen atoms in total. The Hall–Kier alpha value is -3.76. The Morgan fingerprint density at radius 2 is 1.33 bits per heavy atom. The summed E-state index contributed by atoms with van der Waals surface area (Å²) in [7, 11) is 1.66. The van der Waals surface area contributed by atoms with Crippen LogP contribution < -0.4 is 4.74 Å². The van der Waals surface area contributed by atoms with Gasteiger partial charge < -0.3 is 9.84 Å². The van der Waals surface area contributed by atoms with E-state index in [1.165, 1.54) is 0 Å². The first-order valence-corrected chi connectivity index (χ1v) is 6.17. The molecule has 0 aliphatic rings. The van der Waals surface area contributed by atoms with Crippen molar-refractivity contribution in [2.24, 2.45) is 0 Å². The number of hydrogen-bond donors (Lipinski definition) is 1. The molecule has 0 aliphatic heterocycles. The number of hydrogen-bond acceptors (Lipinski definition) is 8. The van der Waals surface area contributed by atoms with Gasteiger partial charge in [0.25, 0.3) is 11.4 Å². The second-order valence-corrected chi connectivity index (χ2v) is 4.12. The molecule has 0 aliphatic carbocycles. The van der Waals surface area contributed by atoms with Gasteiger partial charge in [0, 0.05) is 0 Å². The summed E-state index contributed by atoms with van der Waals surface area (Å²) in [4.78, 5) is 27.8. The summed E-state index contributed by atoms with van der Waals surface area (Å²) in [6.45, 7) is 0. The highest BCUT2D eigenvalue weighted by molar-refractivity contribution is 5.64. The van der Waals surface area contributed by atoms with Gasteiger partial charge in [-0.2, -0.15) is 0 Å². The van der Waals surface area contributed by atoms with E-state index in [1.54, 1.807) is 7.11 Å². The van der Waals surface area contributed by atoms with E-state index < -0.39 is 37.6 Å². The van der Waals surface area contributed by atoms with E-state index in [4.69, 9.17) is 9.84 Å². The van der Waals surface area contributed by atoms with Crippen LogP contribution in [0.1, 0.15) is 0 Å². The smallest absolute Gasteiger partial charge is 0.324 e. The monoisotopic (exact) mass is 337 g/mol. The first-order chi connectivity index (χ1) is 11.3. The molecule has 2 aromatic carbocycles. The summed E-state index contributed by atoms with van der Waals surface area (Å²) in [5, 5.41) is 40.2. The number of phenols is 1. The molecule has 0 bridgehead atoms. The number of nitro groups is 3. The van der Waals surface area contributed by atoms with Gasteiger partial charge in [0.2, 0.25) is 0 Å². The minimum absolute atomic E-state index is 0.447. The summed E-state index contributed by atoms with van der Waals surface area (Å²) >= 11 is 0. The van der Waals surface area contributed by atoms with Gasteiger partial charge >= 0.3 is 11.4 Å². The van der Waals surface area contributed by atoms with Crippen molar-refractivity contribution in [3.63, 3.8) is 0 Å². The van der Waals surface area contributed by atoms with E-state index in [9.17, 15) is 30.3 Å². The summed E-state index contributed by atoms with van der Waals surface area (Å²) < 4.78 is 4.91. The number of nitro benzene ring substituents is 3. The van der Waals surface area contributed by atoms with Crippen molar-refractivity contribution in [3.05, 3.63) is 72.8 Å². The van der Waals surface area contributed by atoms with E-state index in [-0.39, 0.29) is 0 Å². The van der Waals surface area contributed by atoms with Gasteiger partial charge in [0.1, 0.15) is 5.75 Å². The Morgan fingerprint density at radius 3 is 1.62 bits per heavy atom. The minimum atomic E-state index is -1.21. The molecule has 0 heterocycles. The average Bonchev–Trinajstić information content (AvgIpc) is 2.55. The molecule has 11 heteroatoms. The molecule has 2 rings (SSSR count). The lowest BCUT2D eigenvalue weighted by Crippen LogP contribution is -1.97. The minimum Gasteiger partial charge on any atom is -0.497 e. The molecule has 0 atom stereocenters. The largest absolute Gasteiger partial charge is 0.497 e. The maximum absolute atomic E-state index is 10.4. The molecule has 0 amide bonds. The van der Waals surface area contributed by atoms with Crippen molar-refractivity contribution >= 4 is 17.1 Å². The molecule has 0 aromatic heterocycles. The first-order valence-electron chi connectivity index (χ1n) is 6.17. The molecule has 0 unspecified atom stereocenters. The zero-order chi connectivity index (χ0) is 18.3. The maximum Gasteiger partial charge on any atom is 0.324 e. The maximum atomic E-state index is 10.4. The molecule has 0 fully saturated rings. The normalized spacial score (nSPS) is 9.38. The van der Waals surface area contributed by atoms with Crippen LogP contribution in [0.4, 0.5) is 17.1 Å².